The summed E-state index contributed by atoms with van der Waals surface area (Å²) in [6, 6.07) is 3.87. The Bertz CT molecular complexity index is 1080. The topological polar surface area (TPSA) is 61.2 Å². The third kappa shape index (κ3) is 2.92. The minimum absolute atomic E-state index is 0.0302. The second kappa shape index (κ2) is 6.80. The number of hydrogen-bond acceptors (Lipinski definition) is 4. The molecule has 5 nitrogen and oxygen atoms in total. The first-order valence-corrected chi connectivity index (χ1v) is 7.75. The van der Waals surface area contributed by atoms with Gasteiger partial charge in [-0.15, -0.1) is 0 Å². The van der Waals surface area contributed by atoms with Crippen LogP contribution in [0.25, 0.3) is 16.7 Å². The number of ether oxygens (including phenoxy) is 1. The fourth-order valence-corrected chi connectivity index (χ4v) is 2.58. The second-order valence-corrected chi connectivity index (χ2v) is 5.52. The average Bonchev–Trinajstić information content (AvgIpc) is 2.58. The Morgan fingerprint density at radius 2 is 1.88 bits per heavy atom. The van der Waals surface area contributed by atoms with E-state index in [-0.39, 0.29) is 17.6 Å². The molecule has 0 unspecified atom stereocenters. The van der Waals surface area contributed by atoms with Crippen LogP contribution in [0.2, 0.25) is 5.15 Å². The summed E-state index contributed by atoms with van der Waals surface area (Å²) in [4.78, 5) is 28.3. The Hall–Kier alpha value is -2.87. The van der Waals surface area contributed by atoms with Crippen molar-refractivity contribution < 1.29 is 22.7 Å². The largest absolute Gasteiger partial charge is 0.462 e. The highest BCUT2D eigenvalue weighted by Crippen LogP contribution is 2.24. The molecule has 2 aromatic heterocycles. The molecule has 0 bridgehead atoms. The van der Waals surface area contributed by atoms with Gasteiger partial charge in [0.1, 0.15) is 22.9 Å². The van der Waals surface area contributed by atoms with Gasteiger partial charge < -0.3 is 4.74 Å². The van der Waals surface area contributed by atoms with Gasteiger partial charge >= 0.3 is 5.97 Å². The summed E-state index contributed by atoms with van der Waals surface area (Å²) < 4.78 is 47.9. The summed E-state index contributed by atoms with van der Waals surface area (Å²) in [6.45, 7) is 1.49. The summed E-state index contributed by atoms with van der Waals surface area (Å²) in [5.41, 5.74) is -2.32. The van der Waals surface area contributed by atoms with Gasteiger partial charge in [0.15, 0.2) is 16.6 Å². The zero-order chi connectivity index (χ0) is 19.0. The highest BCUT2D eigenvalue weighted by Gasteiger charge is 2.22. The lowest BCUT2D eigenvalue weighted by molar-refractivity contribution is 0.0524. The molecule has 0 saturated heterocycles. The molecule has 9 heteroatoms. The van der Waals surface area contributed by atoms with Crippen LogP contribution >= 0.6 is 11.6 Å². The van der Waals surface area contributed by atoms with Crippen LogP contribution in [0.1, 0.15) is 17.3 Å². The van der Waals surface area contributed by atoms with Crippen molar-refractivity contribution in [1.29, 1.82) is 0 Å². The fourth-order valence-electron chi connectivity index (χ4n) is 2.45. The number of esters is 1. The molecule has 0 spiro atoms. The quantitative estimate of drug-likeness (QED) is 0.512. The second-order valence-electron chi connectivity index (χ2n) is 5.16. The van der Waals surface area contributed by atoms with Gasteiger partial charge in [-0.25, -0.2) is 22.9 Å². The molecule has 0 aliphatic rings. The van der Waals surface area contributed by atoms with Gasteiger partial charge in [-0.3, -0.25) is 9.36 Å². The number of nitrogens with zero attached hydrogens (tertiary/aromatic N) is 2. The number of para-hydroxylation sites is 1. The summed E-state index contributed by atoms with van der Waals surface area (Å²) in [5, 5.41) is -0.966. The van der Waals surface area contributed by atoms with E-state index in [1.54, 1.807) is 0 Å². The Balaban J connectivity index is 2.48. The van der Waals surface area contributed by atoms with Crippen molar-refractivity contribution in [3.8, 4) is 5.69 Å². The fraction of sp³-hybridized carbons (Fsp3) is 0.118. The zero-order valence-electron chi connectivity index (χ0n) is 13.2. The minimum atomic E-state index is -1.02. The maximum Gasteiger partial charge on any atom is 0.343 e. The maximum atomic E-state index is 14.2. The number of hydrogen-bond donors (Lipinski definition) is 0. The number of fused-ring (bicyclic) bond motifs is 1. The molecule has 3 rings (SSSR count). The number of rotatable bonds is 3. The molecule has 134 valence electrons. The molecule has 3 aromatic rings. The van der Waals surface area contributed by atoms with Gasteiger partial charge in [-0.1, -0.05) is 17.7 Å². The monoisotopic (exact) mass is 382 g/mol. The van der Waals surface area contributed by atoms with E-state index in [0.717, 1.165) is 35.0 Å². The van der Waals surface area contributed by atoms with Gasteiger partial charge in [0, 0.05) is 6.20 Å². The first-order chi connectivity index (χ1) is 12.3. The smallest absolute Gasteiger partial charge is 0.343 e. The lowest BCUT2D eigenvalue weighted by Gasteiger charge is -2.14. The van der Waals surface area contributed by atoms with Crippen LogP contribution in [0.3, 0.4) is 0 Å². The normalized spacial score (nSPS) is 11.0. The summed E-state index contributed by atoms with van der Waals surface area (Å²) in [5.74, 6) is -3.99. The van der Waals surface area contributed by atoms with E-state index in [2.05, 4.69) is 4.98 Å². The number of halogens is 4. The summed E-state index contributed by atoms with van der Waals surface area (Å²) in [6.07, 6.45) is 0.894. The van der Waals surface area contributed by atoms with E-state index in [0.29, 0.717) is 0 Å². The molecule has 0 saturated carbocycles. The molecule has 2 heterocycles. The number of carbonyl (C=O) groups is 1. The molecule has 0 aliphatic carbocycles. The van der Waals surface area contributed by atoms with Crippen molar-refractivity contribution >= 4 is 28.6 Å². The molecule has 0 aliphatic heterocycles. The van der Waals surface area contributed by atoms with Gasteiger partial charge in [0.2, 0.25) is 5.43 Å². The van der Waals surface area contributed by atoms with Crippen LogP contribution in [0.5, 0.6) is 0 Å². The predicted octanol–water partition coefficient (Wildman–Crippen LogP) is 3.63. The Morgan fingerprint density at radius 3 is 2.50 bits per heavy atom. The van der Waals surface area contributed by atoms with Crippen molar-refractivity contribution in [2.75, 3.05) is 6.61 Å². The molecule has 0 N–H and O–H groups in total. The van der Waals surface area contributed by atoms with Crippen molar-refractivity contribution in [2.24, 2.45) is 0 Å². The van der Waals surface area contributed by atoms with Crippen LogP contribution in [-0.2, 0) is 4.74 Å². The molecular weight excluding hydrogens is 373 g/mol. The summed E-state index contributed by atoms with van der Waals surface area (Å²) in [7, 11) is 0. The number of carbonyl (C=O) groups excluding carboxylic acids is 1. The highest BCUT2D eigenvalue weighted by atomic mass is 35.5. The van der Waals surface area contributed by atoms with Crippen LogP contribution in [0.4, 0.5) is 13.2 Å². The average molecular weight is 383 g/mol. The van der Waals surface area contributed by atoms with E-state index in [4.69, 9.17) is 16.3 Å². The van der Waals surface area contributed by atoms with Gasteiger partial charge in [0.05, 0.1) is 12.0 Å². The van der Waals surface area contributed by atoms with Crippen molar-refractivity contribution in [1.82, 2.24) is 9.55 Å². The Labute approximate surface area is 149 Å². The molecule has 0 radical (unpaired) electrons. The first kappa shape index (κ1) is 17.9. The summed E-state index contributed by atoms with van der Waals surface area (Å²) >= 11 is 5.65. The highest BCUT2D eigenvalue weighted by molar-refractivity contribution is 6.29. The first-order valence-electron chi connectivity index (χ1n) is 7.38. The molecule has 0 atom stereocenters. The molecule has 26 heavy (non-hydrogen) atoms. The van der Waals surface area contributed by atoms with Crippen LogP contribution in [0, 0.1) is 17.5 Å². The van der Waals surface area contributed by atoms with Crippen molar-refractivity contribution in [3.05, 3.63) is 68.9 Å². The lowest BCUT2D eigenvalue weighted by Crippen LogP contribution is -2.22. The minimum Gasteiger partial charge on any atom is -0.462 e. The number of aromatic nitrogens is 2. The molecule has 0 fully saturated rings. The van der Waals surface area contributed by atoms with E-state index >= 15 is 0 Å². The maximum absolute atomic E-state index is 14.2. The van der Waals surface area contributed by atoms with Crippen LogP contribution in [-0.4, -0.2) is 22.1 Å². The predicted molar refractivity (Wildman–Crippen MR) is 88.2 cm³/mol. The lowest BCUT2D eigenvalue weighted by atomic mass is 10.1. The van der Waals surface area contributed by atoms with Gasteiger partial charge in [-0.05, 0) is 25.1 Å². The SMILES string of the molecule is CCOC(=O)c1cn(-c2c(F)cccc2F)c2nc(Cl)c(F)cc2c1=O. The molecule has 1 aromatic carbocycles. The third-order valence-electron chi connectivity index (χ3n) is 3.56. The number of benzene rings is 1. The zero-order valence-corrected chi connectivity index (χ0v) is 14.0. The van der Waals surface area contributed by atoms with Gasteiger partial charge in [0.25, 0.3) is 0 Å². The molecule has 0 amide bonds. The van der Waals surface area contributed by atoms with E-state index in [1.165, 1.54) is 6.92 Å². The Kier molecular flexibility index (Phi) is 4.69. The van der Waals surface area contributed by atoms with E-state index in [1.807, 2.05) is 0 Å². The number of pyridine rings is 2. The standard InChI is InChI=1S/C17H10ClF3N2O3/c1-2-26-17(25)9-7-23(13-10(19)4-3-5-11(13)20)16-8(14(9)24)6-12(21)15(18)22-16/h3-7H,2H2,1H3. The third-order valence-corrected chi connectivity index (χ3v) is 3.83. The van der Waals surface area contributed by atoms with Crippen LogP contribution in [0.15, 0.2) is 35.3 Å². The van der Waals surface area contributed by atoms with Crippen molar-refractivity contribution in [3.63, 3.8) is 0 Å². The van der Waals surface area contributed by atoms with E-state index in [9.17, 15) is 22.8 Å². The Morgan fingerprint density at radius 1 is 1.23 bits per heavy atom. The van der Waals surface area contributed by atoms with Crippen molar-refractivity contribution in [2.45, 2.75) is 6.92 Å². The van der Waals surface area contributed by atoms with E-state index < -0.39 is 45.3 Å². The van der Waals surface area contributed by atoms with Gasteiger partial charge in [-0.2, -0.15) is 0 Å². The van der Waals surface area contributed by atoms with Crippen LogP contribution < -0.4 is 5.43 Å². The molecular formula is C17H10ClF3N2O3.